The van der Waals surface area contributed by atoms with E-state index in [0.29, 0.717) is 11.3 Å². The first-order chi connectivity index (χ1) is 10.0. The van der Waals surface area contributed by atoms with Crippen LogP contribution < -0.4 is 10.1 Å². The lowest BCUT2D eigenvalue weighted by Crippen LogP contribution is -2.14. The predicted molar refractivity (Wildman–Crippen MR) is 71.8 cm³/mol. The molecular formula is C15H12F3NO2. The first-order valence-corrected chi connectivity index (χ1v) is 6.12. The Labute approximate surface area is 119 Å². The Kier molecular flexibility index (Phi) is 4.81. The topological polar surface area (TPSA) is 38.3 Å². The van der Waals surface area contributed by atoms with Crippen LogP contribution in [0.4, 0.5) is 18.9 Å². The third-order valence-corrected chi connectivity index (χ3v) is 2.62. The molecule has 0 aliphatic heterocycles. The average molecular weight is 295 g/mol. The third kappa shape index (κ3) is 4.83. The summed E-state index contributed by atoms with van der Waals surface area (Å²) in [6, 6.07) is 11.3. The lowest BCUT2D eigenvalue weighted by atomic mass is 10.1. The molecule has 0 aliphatic carbocycles. The Balaban J connectivity index is 1.93. The number of ether oxygens (including phenoxy) is 1. The minimum Gasteiger partial charge on any atom is -0.435 e. The van der Waals surface area contributed by atoms with Crippen molar-refractivity contribution in [3.8, 4) is 5.75 Å². The molecule has 0 aromatic heterocycles. The first kappa shape index (κ1) is 14.9. The number of anilines is 1. The molecule has 0 aliphatic rings. The molecule has 2 aromatic carbocycles. The van der Waals surface area contributed by atoms with Gasteiger partial charge in [-0.15, -0.1) is 0 Å². The van der Waals surface area contributed by atoms with Crippen molar-refractivity contribution in [1.82, 2.24) is 0 Å². The molecule has 0 bridgehead atoms. The number of amides is 1. The van der Waals surface area contributed by atoms with Crippen LogP contribution >= 0.6 is 0 Å². The predicted octanol–water partition coefficient (Wildman–Crippen LogP) is 3.61. The van der Waals surface area contributed by atoms with Crippen LogP contribution in [0.3, 0.4) is 0 Å². The second kappa shape index (κ2) is 6.78. The van der Waals surface area contributed by atoms with Gasteiger partial charge >= 0.3 is 6.61 Å². The van der Waals surface area contributed by atoms with Gasteiger partial charge in [-0.2, -0.15) is 8.78 Å². The highest BCUT2D eigenvalue weighted by Gasteiger charge is 2.07. The second-order valence-corrected chi connectivity index (χ2v) is 4.26. The maximum atomic E-state index is 13.0. The summed E-state index contributed by atoms with van der Waals surface area (Å²) in [5, 5.41) is 2.59. The zero-order valence-electron chi connectivity index (χ0n) is 10.9. The molecule has 1 N–H and O–H groups in total. The molecule has 0 saturated carbocycles. The van der Waals surface area contributed by atoms with Gasteiger partial charge in [0.05, 0.1) is 6.42 Å². The zero-order chi connectivity index (χ0) is 15.2. The third-order valence-electron chi connectivity index (χ3n) is 2.62. The highest BCUT2D eigenvalue weighted by molar-refractivity contribution is 5.92. The van der Waals surface area contributed by atoms with Gasteiger partial charge in [-0.25, -0.2) is 4.39 Å². The van der Waals surface area contributed by atoms with Gasteiger partial charge in [0.25, 0.3) is 0 Å². The van der Waals surface area contributed by atoms with E-state index in [2.05, 4.69) is 10.1 Å². The van der Waals surface area contributed by atoms with E-state index < -0.39 is 12.4 Å². The normalized spacial score (nSPS) is 10.5. The second-order valence-electron chi connectivity index (χ2n) is 4.26. The van der Waals surface area contributed by atoms with Crippen LogP contribution in [0.5, 0.6) is 5.75 Å². The van der Waals surface area contributed by atoms with Crippen LogP contribution in [-0.2, 0) is 11.2 Å². The Hall–Kier alpha value is -2.50. The Morgan fingerprint density at radius 2 is 1.86 bits per heavy atom. The van der Waals surface area contributed by atoms with Gasteiger partial charge in [-0.1, -0.05) is 12.1 Å². The maximum absolute atomic E-state index is 13.0. The van der Waals surface area contributed by atoms with Gasteiger partial charge in [-0.05, 0) is 42.0 Å². The molecule has 110 valence electrons. The Bertz CT molecular complexity index is 615. The molecule has 2 aromatic rings. The molecule has 21 heavy (non-hydrogen) atoms. The van der Waals surface area contributed by atoms with Crippen molar-refractivity contribution in [3.05, 3.63) is 59.9 Å². The van der Waals surface area contributed by atoms with E-state index in [1.165, 1.54) is 42.5 Å². The minimum atomic E-state index is -2.89. The average Bonchev–Trinajstić information content (AvgIpc) is 2.40. The summed E-state index contributed by atoms with van der Waals surface area (Å²) in [6.07, 6.45) is 0.0209. The number of alkyl halides is 2. The molecule has 2 rings (SSSR count). The van der Waals surface area contributed by atoms with Gasteiger partial charge < -0.3 is 10.1 Å². The van der Waals surface area contributed by atoms with Gasteiger partial charge in [0.1, 0.15) is 11.6 Å². The summed E-state index contributed by atoms with van der Waals surface area (Å²) in [6.45, 7) is -2.89. The standard InChI is InChI=1S/C15H12F3NO2/c16-11-3-1-2-10(8-11)9-14(20)19-12-4-6-13(7-5-12)21-15(17)18/h1-8,15H,9H2,(H,19,20). The highest BCUT2D eigenvalue weighted by Crippen LogP contribution is 2.18. The van der Waals surface area contributed by atoms with E-state index in [1.807, 2.05) is 0 Å². The molecule has 6 heteroatoms. The lowest BCUT2D eigenvalue weighted by molar-refractivity contribution is -0.115. The molecule has 0 atom stereocenters. The van der Waals surface area contributed by atoms with E-state index >= 15 is 0 Å². The molecule has 0 radical (unpaired) electrons. The Morgan fingerprint density at radius 3 is 2.48 bits per heavy atom. The van der Waals surface area contributed by atoms with Crippen molar-refractivity contribution in [3.63, 3.8) is 0 Å². The van der Waals surface area contributed by atoms with Crippen molar-refractivity contribution in [2.75, 3.05) is 5.32 Å². The minimum absolute atomic E-state index is 0.00753. The van der Waals surface area contributed by atoms with E-state index in [1.54, 1.807) is 6.07 Å². The lowest BCUT2D eigenvalue weighted by Gasteiger charge is -2.07. The number of carbonyl (C=O) groups is 1. The van der Waals surface area contributed by atoms with Crippen molar-refractivity contribution in [2.45, 2.75) is 13.0 Å². The number of hydrogen-bond donors (Lipinski definition) is 1. The van der Waals surface area contributed by atoms with Crippen LogP contribution in [0.2, 0.25) is 0 Å². The summed E-state index contributed by atoms with van der Waals surface area (Å²) in [7, 11) is 0. The van der Waals surface area contributed by atoms with E-state index in [0.717, 1.165) is 0 Å². The van der Waals surface area contributed by atoms with Crippen LogP contribution in [0.25, 0.3) is 0 Å². The van der Waals surface area contributed by atoms with E-state index in [-0.39, 0.29) is 18.1 Å². The summed E-state index contributed by atoms with van der Waals surface area (Å²) < 4.78 is 41.1. The smallest absolute Gasteiger partial charge is 0.387 e. The fourth-order valence-corrected chi connectivity index (χ4v) is 1.76. The van der Waals surface area contributed by atoms with E-state index in [9.17, 15) is 18.0 Å². The monoisotopic (exact) mass is 295 g/mol. The highest BCUT2D eigenvalue weighted by atomic mass is 19.3. The van der Waals surface area contributed by atoms with Crippen LogP contribution in [0, 0.1) is 5.82 Å². The summed E-state index contributed by atoms with van der Waals surface area (Å²) >= 11 is 0. The number of halogens is 3. The van der Waals surface area contributed by atoms with Crippen molar-refractivity contribution in [1.29, 1.82) is 0 Å². The SMILES string of the molecule is O=C(Cc1cccc(F)c1)Nc1ccc(OC(F)F)cc1. The van der Waals surface area contributed by atoms with Gasteiger partial charge in [-0.3, -0.25) is 4.79 Å². The molecule has 0 spiro atoms. The fourth-order valence-electron chi connectivity index (χ4n) is 1.76. The van der Waals surface area contributed by atoms with Crippen molar-refractivity contribution in [2.24, 2.45) is 0 Å². The summed E-state index contributed by atoms with van der Waals surface area (Å²) in [5.41, 5.74) is 0.989. The largest absolute Gasteiger partial charge is 0.435 e. The number of nitrogens with one attached hydrogen (secondary N) is 1. The first-order valence-electron chi connectivity index (χ1n) is 6.12. The van der Waals surface area contributed by atoms with Gasteiger partial charge in [0, 0.05) is 5.69 Å². The summed E-state index contributed by atoms with van der Waals surface area (Å²) in [4.78, 5) is 11.8. The summed E-state index contributed by atoms with van der Waals surface area (Å²) in [5.74, 6) is -0.731. The van der Waals surface area contributed by atoms with Crippen LogP contribution in [0.1, 0.15) is 5.56 Å². The fraction of sp³-hybridized carbons (Fsp3) is 0.133. The quantitative estimate of drug-likeness (QED) is 0.915. The van der Waals surface area contributed by atoms with Crippen LogP contribution in [0.15, 0.2) is 48.5 Å². The molecule has 0 fully saturated rings. The van der Waals surface area contributed by atoms with Crippen molar-refractivity contribution >= 4 is 11.6 Å². The number of benzene rings is 2. The molecule has 3 nitrogen and oxygen atoms in total. The molecular weight excluding hydrogens is 283 g/mol. The number of carbonyl (C=O) groups excluding carboxylic acids is 1. The molecule has 1 amide bonds. The molecule has 0 heterocycles. The number of hydrogen-bond acceptors (Lipinski definition) is 2. The van der Waals surface area contributed by atoms with Gasteiger partial charge in [0.15, 0.2) is 0 Å². The number of rotatable bonds is 5. The van der Waals surface area contributed by atoms with Crippen LogP contribution in [-0.4, -0.2) is 12.5 Å². The molecule has 0 unspecified atom stereocenters. The van der Waals surface area contributed by atoms with Crippen molar-refractivity contribution < 1.29 is 22.7 Å². The zero-order valence-corrected chi connectivity index (χ0v) is 10.9. The molecule has 0 saturated heterocycles. The van der Waals surface area contributed by atoms with E-state index in [4.69, 9.17) is 0 Å². The van der Waals surface area contributed by atoms with Gasteiger partial charge in [0.2, 0.25) is 5.91 Å². The Morgan fingerprint density at radius 1 is 1.14 bits per heavy atom. The maximum Gasteiger partial charge on any atom is 0.387 e.